The van der Waals surface area contributed by atoms with Gasteiger partial charge in [0, 0.05) is 51.4 Å². The third-order valence-corrected chi connectivity index (χ3v) is 3.24. The van der Waals surface area contributed by atoms with Crippen LogP contribution in [0.1, 0.15) is 10.5 Å². The average Bonchev–Trinajstić information content (AvgIpc) is 2.42. The molecule has 0 unspecified atom stereocenters. The zero-order valence-corrected chi connectivity index (χ0v) is 16.2. The number of carboxylic acid groups (broad SMARTS) is 1. The molecule has 0 saturated carbocycles. The van der Waals surface area contributed by atoms with Gasteiger partial charge in [-0.15, -0.1) is 0 Å². The van der Waals surface area contributed by atoms with Crippen molar-refractivity contribution in [2.24, 2.45) is 0 Å². The summed E-state index contributed by atoms with van der Waals surface area (Å²) < 4.78 is 19.1. The van der Waals surface area contributed by atoms with Gasteiger partial charge in [0.05, 0.1) is 17.7 Å². The van der Waals surface area contributed by atoms with E-state index >= 15 is 0 Å². The summed E-state index contributed by atoms with van der Waals surface area (Å²) in [4.78, 5) is 18.5. The molecule has 0 aliphatic rings. The Kier molecular flexibility index (Phi) is 7.00. The Morgan fingerprint density at radius 3 is 2.55 bits per heavy atom. The van der Waals surface area contributed by atoms with Crippen molar-refractivity contribution in [2.75, 3.05) is 12.8 Å². The van der Waals surface area contributed by atoms with E-state index < -0.39 is 17.5 Å². The van der Waals surface area contributed by atoms with Gasteiger partial charge in [-0.25, -0.2) is 19.2 Å². The summed E-state index contributed by atoms with van der Waals surface area (Å²) in [5.41, 5.74) is 4.89. The van der Waals surface area contributed by atoms with E-state index in [1.807, 2.05) is 0 Å². The van der Waals surface area contributed by atoms with Crippen LogP contribution in [0.15, 0.2) is 12.1 Å². The zero-order valence-electron chi connectivity index (χ0n) is 11.5. The molecule has 22 heavy (non-hydrogen) atoms. The smallest absolute Gasteiger partial charge is 0.356 e. The Morgan fingerprint density at radius 1 is 1.36 bits per heavy atom. The third-order valence-electron chi connectivity index (χ3n) is 2.57. The molecular weight excluding hydrogens is 363 g/mol. The predicted octanol–water partition coefficient (Wildman–Crippen LogP) is 2.50. The van der Waals surface area contributed by atoms with Crippen molar-refractivity contribution in [2.45, 2.75) is 0 Å². The maximum atomic E-state index is 14.3. The summed E-state index contributed by atoms with van der Waals surface area (Å²) in [5.74, 6) is -2.95. The Bertz CT molecular complexity index is 746. The van der Waals surface area contributed by atoms with Crippen LogP contribution in [0.25, 0.3) is 11.4 Å². The minimum Gasteiger partial charge on any atom is -0.492 e. The molecule has 0 spiro atoms. The Morgan fingerprint density at radius 2 is 2.00 bits per heavy atom. The molecule has 6 nitrogen and oxygen atoms in total. The standard InChI is InChI=1S/C12H8Cl2FN3O3.K/c1-21-9-5(13)3-2-4(7(9)15)11-17-8(12(19)20)6(14)10(16)18-11;/h2-3H,1H3,(H,19,20)(H2,16,17,18);. The van der Waals surface area contributed by atoms with Crippen LogP contribution in [-0.2, 0) is 0 Å². The maximum absolute atomic E-state index is 14.3. The molecule has 1 aromatic heterocycles. The summed E-state index contributed by atoms with van der Waals surface area (Å²) in [6, 6.07) is 2.65. The quantitative estimate of drug-likeness (QED) is 0.805. The number of rotatable bonds is 3. The number of halogens is 3. The van der Waals surface area contributed by atoms with E-state index in [0.29, 0.717) is 0 Å². The van der Waals surface area contributed by atoms with Crippen LogP contribution in [0.2, 0.25) is 10.0 Å². The SMILES string of the molecule is COc1c(Cl)ccc(-c2nc(N)c(Cl)c(C(=O)O)n2)c1F.[K]. The number of methoxy groups -OCH3 is 1. The van der Waals surface area contributed by atoms with Crippen LogP contribution in [0, 0.1) is 5.82 Å². The van der Waals surface area contributed by atoms with Crippen molar-refractivity contribution in [3.8, 4) is 17.1 Å². The van der Waals surface area contributed by atoms with E-state index in [1.165, 1.54) is 19.2 Å². The molecule has 111 valence electrons. The monoisotopic (exact) mass is 370 g/mol. The van der Waals surface area contributed by atoms with E-state index in [1.54, 1.807) is 0 Å². The van der Waals surface area contributed by atoms with E-state index in [2.05, 4.69) is 9.97 Å². The molecule has 0 atom stereocenters. The van der Waals surface area contributed by atoms with Crippen LogP contribution in [0.3, 0.4) is 0 Å². The van der Waals surface area contributed by atoms with Gasteiger partial charge in [-0.2, -0.15) is 0 Å². The van der Waals surface area contributed by atoms with Crippen LogP contribution in [-0.4, -0.2) is 79.5 Å². The molecule has 0 bridgehead atoms. The van der Waals surface area contributed by atoms with E-state index in [4.69, 9.17) is 38.8 Å². The van der Waals surface area contributed by atoms with Gasteiger partial charge >= 0.3 is 5.97 Å². The number of hydrogen-bond acceptors (Lipinski definition) is 5. The average molecular weight is 371 g/mol. The minimum absolute atomic E-state index is 0. The number of nitrogen functional groups attached to an aromatic ring is 1. The fraction of sp³-hybridized carbons (Fsp3) is 0.0833. The predicted molar refractivity (Wildman–Crippen MR) is 81.1 cm³/mol. The molecule has 0 fully saturated rings. The normalized spacial score (nSPS) is 10.0. The number of hydrogen-bond donors (Lipinski definition) is 2. The number of carbonyl (C=O) groups is 1. The second-order valence-electron chi connectivity index (χ2n) is 3.84. The number of aromatic nitrogens is 2. The molecule has 1 aromatic carbocycles. The first-order valence-electron chi connectivity index (χ1n) is 5.45. The number of aromatic carboxylic acids is 1. The van der Waals surface area contributed by atoms with E-state index in [0.717, 1.165) is 0 Å². The molecule has 1 radical (unpaired) electrons. The Hall–Kier alpha value is -0.484. The molecule has 0 aliphatic heterocycles. The van der Waals surface area contributed by atoms with Crippen molar-refractivity contribution >= 4 is 86.4 Å². The second-order valence-corrected chi connectivity index (χ2v) is 4.63. The van der Waals surface area contributed by atoms with Gasteiger partial charge in [0.15, 0.2) is 23.1 Å². The van der Waals surface area contributed by atoms with Gasteiger partial charge in [0.1, 0.15) is 10.8 Å². The van der Waals surface area contributed by atoms with Crippen molar-refractivity contribution in [3.63, 3.8) is 0 Å². The Labute approximate surface area is 177 Å². The Balaban J connectivity index is 0.00000242. The zero-order chi connectivity index (χ0) is 15.7. The number of nitrogens with two attached hydrogens (primary N) is 1. The topological polar surface area (TPSA) is 98.3 Å². The van der Waals surface area contributed by atoms with Gasteiger partial charge in [-0.3, -0.25) is 0 Å². The number of nitrogens with zero attached hydrogens (tertiary/aromatic N) is 2. The number of anilines is 1. The first kappa shape index (κ1) is 19.6. The van der Waals surface area contributed by atoms with Crippen LogP contribution in [0.5, 0.6) is 5.75 Å². The number of carboxylic acids is 1. The molecular formula is C12H8Cl2FKN3O3. The second kappa shape index (κ2) is 7.87. The van der Waals surface area contributed by atoms with Gasteiger partial charge in [-0.1, -0.05) is 23.2 Å². The first-order valence-corrected chi connectivity index (χ1v) is 6.21. The van der Waals surface area contributed by atoms with Crippen LogP contribution >= 0.6 is 23.2 Å². The summed E-state index contributed by atoms with van der Waals surface area (Å²) in [6.45, 7) is 0. The minimum atomic E-state index is -1.41. The van der Waals surface area contributed by atoms with Crippen LogP contribution in [0.4, 0.5) is 10.2 Å². The summed E-state index contributed by atoms with van der Waals surface area (Å²) >= 11 is 11.5. The van der Waals surface area contributed by atoms with Crippen molar-refractivity contribution in [1.82, 2.24) is 9.97 Å². The molecule has 10 heteroatoms. The molecule has 0 saturated heterocycles. The molecule has 1 heterocycles. The van der Waals surface area contributed by atoms with Gasteiger partial charge in [0.2, 0.25) is 0 Å². The molecule has 3 N–H and O–H groups in total. The molecule has 2 rings (SSSR count). The first-order chi connectivity index (χ1) is 9.86. The summed E-state index contributed by atoms with van der Waals surface area (Å²) in [5, 5.41) is 8.75. The van der Waals surface area contributed by atoms with Crippen molar-refractivity contribution < 1.29 is 19.0 Å². The van der Waals surface area contributed by atoms with Crippen molar-refractivity contribution in [1.29, 1.82) is 0 Å². The van der Waals surface area contributed by atoms with Gasteiger partial charge in [-0.05, 0) is 12.1 Å². The van der Waals surface area contributed by atoms with Gasteiger partial charge in [0.25, 0.3) is 0 Å². The van der Waals surface area contributed by atoms with Crippen LogP contribution < -0.4 is 10.5 Å². The summed E-state index contributed by atoms with van der Waals surface area (Å²) in [6.07, 6.45) is 0. The third kappa shape index (κ3) is 3.70. The largest absolute Gasteiger partial charge is 0.492 e. The maximum Gasteiger partial charge on any atom is 0.356 e. The van der Waals surface area contributed by atoms with E-state index in [9.17, 15) is 9.18 Å². The molecule has 0 amide bonds. The fourth-order valence-electron chi connectivity index (χ4n) is 1.62. The molecule has 0 aliphatic carbocycles. The van der Waals surface area contributed by atoms with E-state index in [-0.39, 0.29) is 84.4 Å². The number of benzene rings is 1. The van der Waals surface area contributed by atoms with Gasteiger partial charge < -0.3 is 15.6 Å². The summed E-state index contributed by atoms with van der Waals surface area (Å²) in [7, 11) is 1.24. The number of ether oxygens (including phenoxy) is 1. The fourth-order valence-corrected chi connectivity index (χ4v) is 2.01. The molecule has 2 aromatic rings. The van der Waals surface area contributed by atoms with Crippen molar-refractivity contribution in [3.05, 3.63) is 33.7 Å².